The smallest absolute Gasteiger partial charge is 0.345 e. The Morgan fingerprint density at radius 3 is 2.60 bits per heavy atom. The Morgan fingerprint density at radius 2 is 1.84 bits per heavy atom. The maximum absolute atomic E-state index is 12.2. The molecule has 0 aliphatic carbocycles. The van der Waals surface area contributed by atoms with Crippen molar-refractivity contribution in [2.75, 3.05) is 0 Å². The van der Waals surface area contributed by atoms with Crippen LogP contribution in [-0.4, -0.2) is 9.91 Å². The second-order valence-electron chi connectivity index (χ2n) is 5.33. The van der Waals surface area contributed by atoms with E-state index in [0.29, 0.717) is 21.8 Å². The van der Waals surface area contributed by atoms with Gasteiger partial charge in [0, 0.05) is 28.5 Å². The lowest BCUT2D eigenvalue weighted by atomic mass is 10.1. The maximum atomic E-state index is 12.2. The van der Waals surface area contributed by atoms with Crippen LogP contribution in [-0.2, 0) is 0 Å². The topological polar surface area (TPSA) is 86.2 Å². The van der Waals surface area contributed by atoms with Gasteiger partial charge < -0.3 is 4.42 Å². The average Bonchev–Trinajstić information content (AvgIpc) is 3.11. The van der Waals surface area contributed by atoms with E-state index in [4.69, 9.17) is 4.42 Å². The Hall–Kier alpha value is -3.32. The number of hydrogen-bond acceptors (Lipinski definition) is 6. The molecule has 0 atom stereocenters. The molecular formula is C18H10N2O4S. The van der Waals surface area contributed by atoms with Gasteiger partial charge in [-0.15, -0.1) is 11.3 Å². The molecule has 0 aliphatic heterocycles. The lowest BCUT2D eigenvalue weighted by Crippen LogP contribution is -2.02. The van der Waals surface area contributed by atoms with E-state index in [1.165, 1.54) is 23.5 Å². The van der Waals surface area contributed by atoms with E-state index in [9.17, 15) is 14.9 Å². The summed E-state index contributed by atoms with van der Waals surface area (Å²) >= 11 is 1.36. The van der Waals surface area contributed by atoms with Crippen LogP contribution in [0, 0.1) is 10.1 Å². The van der Waals surface area contributed by atoms with E-state index in [1.54, 1.807) is 35.7 Å². The summed E-state index contributed by atoms with van der Waals surface area (Å²) in [4.78, 5) is 27.0. The first-order valence-electron chi connectivity index (χ1n) is 7.35. The molecule has 0 unspecified atom stereocenters. The average molecular weight is 350 g/mol. The van der Waals surface area contributed by atoms with Crippen LogP contribution in [0.15, 0.2) is 69.2 Å². The summed E-state index contributed by atoms with van der Waals surface area (Å²) in [5.74, 6) is 0. The number of nitro benzene ring substituents is 1. The largest absolute Gasteiger partial charge is 0.422 e. The maximum Gasteiger partial charge on any atom is 0.345 e. The van der Waals surface area contributed by atoms with Crippen LogP contribution in [0.5, 0.6) is 0 Å². The van der Waals surface area contributed by atoms with Crippen molar-refractivity contribution in [3.8, 4) is 21.8 Å². The van der Waals surface area contributed by atoms with Crippen LogP contribution in [0.4, 0.5) is 5.69 Å². The van der Waals surface area contributed by atoms with Gasteiger partial charge in [-0.3, -0.25) is 10.1 Å². The molecule has 2 aromatic heterocycles. The Kier molecular flexibility index (Phi) is 3.62. The minimum absolute atomic E-state index is 0.0238. The normalized spacial score (nSPS) is 10.9. The number of thiazole rings is 1. The summed E-state index contributed by atoms with van der Waals surface area (Å²) in [7, 11) is 0. The van der Waals surface area contributed by atoms with Gasteiger partial charge in [0.25, 0.3) is 5.69 Å². The fraction of sp³-hybridized carbons (Fsp3) is 0. The van der Waals surface area contributed by atoms with E-state index < -0.39 is 10.5 Å². The molecule has 0 N–H and O–H groups in total. The van der Waals surface area contributed by atoms with Crippen LogP contribution in [0.2, 0.25) is 0 Å². The third-order valence-electron chi connectivity index (χ3n) is 3.75. The van der Waals surface area contributed by atoms with Crippen LogP contribution in [0.1, 0.15) is 0 Å². The minimum atomic E-state index is -0.447. The fourth-order valence-electron chi connectivity index (χ4n) is 2.50. The number of rotatable bonds is 3. The van der Waals surface area contributed by atoms with Crippen molar-refractivity contribution in [1.82, 2.24) is 4.98 Å². The van der Waals surface area contributed by atoms with Crippen molar-refractivity contribution in [2.24, 2.45) is 0 Å². The van der Waals surface area contributed by atoms with Crippen LogP contribution in [0.25, 0.3) is 32.8 Å². The molecule has 25 heavy (non-hydrogen) atoms. The summed E-state index contributed by atoms with van der Waals surface area (Å²) in [5, 5.41) is 14.0. The van der Waals surface area contributed by atoms with Crippen LogP contribution >= 0.6 is 11.3 Å². The van der Waals surface area contributed by atoms with Crippen LogP contribution < -0.4 is 5.63 Å². The highest BCUT2D eigenvalue weighted by molar-refractivity contribution is 7.13. The molecule has 122 valence electrons. The van der Waals surface area contributed by atoms with Crippen molar-refractivity contribution in [1.29, 1.82) is 0 Å². The molecule has 0 saturated carbocycles. The molecule has 2 heterocycles. The minimum Gasteiger partial charge on any atom is -0.422 e. The molecule has 0 aliphatic rings. The van der Waals surface area contributed by atoms with E-state index in [1.807, 2.05) is 12.1 Å². The monoisotopic (exact) mass is 350 g/mol. The standard InChI is InChI=1S/C18H10N2O4S/c21-18-14(9-12-3-1-2-4-16(12)24-18)15-10-25-17(19-15)11-5-7-13(8-6-11)20(22)23/h1-10H. The Balaban J connectivity index is 1.75. The number of non-ortho nitro benzene ring substituents is 1. The Morgan fingerprint density at radius 1 is 1.08 bits per heavy atom. The molecule has 0 fully saturated rings. The van der Waals surface area contributed by atoms with Gasteiger partial charge in [0.15, 0.2) is 0 Å². The van der Waals surface area contributed by atoms with Gasteiger partial charge in [0.1, 0.15) is 10.6 Å². The highest BCUT2D eigenvalue weighted by Gasteiger charge is 2.13. The number of aromatic nitrogens is 1. The second-order valence-corrected chi connectivity index (χ2v) is 6.19. The predicted molar refractivity (Wildman–Crippen MR) is 95.7 cm³/mol. The molecule has 0 bridgehead atoms. The highest BCUT2D eigenvalue weighted by Crippen LogP contribution is 2.29. The van der Waals surface area contributed by atoms with E-state index in [2.05, 4.69) is 4.98 Å². The molecule has 0 spiro atoms. The van der Waals surface area contributed by atoms with E-state index in [-0.39, 0.29) is 5.69 Å². The van der Waals surface area contributed by atoms with Crippen molar-refractivity contribution in [2.45, 2.75) is 0 Å². The van der Waals surface area contributed by atoms with Crippen molar-refractivity contribution in [3.05, 3.63) is 80.5 Å². The molecule has 6 nitrogen and oxygen atoms in total. The molecule has 4 rings (SSSR count). The van der Waals surface area contributed by atoms with Gasteiger partial charge in [0.05, 0.1) is 16.2 Å². The van der Waals surface area contributed by atoms with Gasteiger partial charge >= 0.3 is 5.63 Å². The first-order valence-corrected chi connectivity index (χ1v) is 8.23. The Bertz CT molecular complexity index is 1150. The van der Waals surface area contributed by atoms with Crippen molar-refractivity contribution < 1.29 is 9.34 Å². The van der Waals surface area contributed by atoms with Gasteiger partial charge in [-0.1, -0.05) is 18.2 Å². The fourth-order valence-corrected chi connectivity index (χ4v) is 3.32. The second kappa shape index (κ2) is 5.95. The predicted octanol–water partition coefficient (Wildman–Crippen LogP) is 4.49. The zero-order valence-electron chi connectivity index (χ0n) is 12.7. The van der Waals surface area contributed by atoms with Gasteiger partial charge in [0.2, 0.25) is 0 Å². The first-order chi connectivity index (χ1) is 12.1. The summed E-state index contributed by atoms with van der Waals surface area (Å²) in [6.45, 7) is 0. The molecule has 0 saturated heterocycles. The molecule has 0 amide bonds. The lowest BCUT2D eigenvalue weighted by molar-refractivity contribution is -0.384. The van der Waals surface area contributed by atoms with Gasteiger partial charge in [-0.05, 0) is 24.3 Å². The summed E-state index contributed by atoms with van der Waals surface area (Å²) in [6, 6.07) is 15.2. The third kappa shape index (κ3) is 2.81. The van der Waals surface area contributed by atoms with Gasteiger partial charge in [-0.2, -0.15) is 0 Å². The Labute approximate surface area is 145 Å². The zero-order valence-corrected chi connectivity index (χ0v) is 13.5. The van der Waals surface area contributed by atoms with Crippen molar-refractivity contribution >= 4 is 28.0 Å². The third-order valence-corrected chi connectivity index (χ3v) is 4.64. The quantitative estimate of drug-likeness (QED) is 0.309. The summed E-state index contributed by atoms with van der Waals surface area (Å²) in [6.07, 6.45) is 0. The number of fused-ring (bicyclic) bond motifs is 1. The van der Waals surface area contributed by atoms with Crippen molar-refractivity contribution in [3.63, 3.8) is 0 Å². The van der Waals surface area contributed by atoms with Gasteiger partial charge in [-0.25, -0.2) is 9.78 Å². The van der Waals surface area contributed by atoms with Crippen LogP contribution in [0.3, 0.4) is 0 Å². The summed E-state index contributed by atoms with van der Waals surface area (Å²) in [5.41, 5.74) is 1.78. The molecule has 0 radical (unpaired) electrons. The lowest BCUT2D eigenvalue weighted by Gasteiger charge is -1.99. The molecular weight excluding hydrogens is 340 g/mol. The number of nitrogens with zero attached hydrogens (tertiary/aromatic N) is 2. The number of hydrogen-bond donors (Lipinski definition) is 0. The first kappa shape index (κ1) is 15.2. The molecule has 7 heteroatoms. The highest BCUT2D eigenvalue weighted by atomic mass is 32.1. The molecule has 2 aromatic carbocycles. The number of benzene rings is 2. The SMILES string of the molecule is O=c1oc2ccccc2cc1-c1csc(-c2ccc([N+](=O)[O-])cc2)n1. The zero-order chi connectivity index (χ0) is 17.4. The summed E-state index contributed by atoms with van der Waals surface area (Å²) < 4.78 is 5.34. The van der Waals surface area contributed by atoms with E-state index >= 15 is 0 Å². The number of nitro groups is 1. The molecule has 4 aromatic rings. The number of para-hydroxylation sites is 1. The van der Waals surface area contributed by atoms with E-state index in [0.717, 1.165) is 10.9 Å².